The fraction of sp³-hybridized carbons (Fsp3) is 0.842. The topological polar surface area (TPSA) is 57.5 Å². The van der Waals surface area contributed by atoms with Gasteiger partial charge in [0.2, 0.25) is 5.91 Å². The van der Waals surface area contributed by atoms with Gasteiger partial charge in [0.1, 0.15) is 11.6 Å². The lowest BCUT2D eigenvalue weighted by atomic mass is 9.96. The second kappa shape index (κ2) is 8.95. The Balaban J connectivity index is 1.56. The van der Waals surface area contributed by atoms with E-state index in [0.717, 1.165) is 44.1 Å². The highest BCUT2D eigenvalue weighted by Crippen LogP contribution is 2.27. The van der Waals surface area contributed by atoms with Gasteiger partial charge in [-0.25, -0.2) is 0 Å². The van der Waals surface area contributed by atoms with Gasteiger partial charge in [0.25, 0.3) is 0 Å². The van der Waals surface area contributed by atoms with Crippen molar-refractivity contribution in [1.82, 2.24) is 29.5 Å². The van der Waals surface area contributed by atoms with Crippen LogP contribution in [-0.4, -0.2) is 82.2 Å². The van der Waals surface area contributed by atoms with E-state index in [0.29, 0.717) is 12.5 Å². The number of piperidine rings is 1. The van der Waals surface area contributed by atoms with Gasteiger partial charge in [-0.2, -0.15) is 0 Å². The van der Waals surface area contributed by atoms with Gasteiger partial charge in [-0.05, 0) is 52.9 Å². The maximum atomic E-state index is 12.2. The first-order valence-electron chi connectivity index (χ1n) is 10.1. The van der Waals surface area contributed by atoms with Crippen LogP contribution in [0.25, 0.3) is 0 Å². The molecule has 0 radical (unpaired) electrons. The molecular formula is C19H34N6O. The number of likely N-dealkylation sites (N-methyl/N-ethyl adjacent to an activating group) is 1. The third-order valence-corrected chi connectivity index (χ3v) is 5.73. The summed E-state index contributed by atoms with van der Waals surface area (Å²) in [4.78, 5) is 18.7. The average Bonchev–Trinajstić information content (AvgIpc) is 2.82. The summed E-state index contributed by atoms with van der Waals surface area (Å²) in [5.74, 6) is 2.81. The summed E-state index contributed by atoms with van der Waals surface area (Å²) in [5.41, 5.74) is 0. The molecule has 0 bridgehead atoms. The summed E-state index contributed by atoms with van der Waals surface area (Å²) in [6.07, 6.45) is 7.26. The summed E-state index contributed by atoms with van der Waals surface area (Å²) >= 11 is 0. The lowest BCUT2D eigenvalue weighted by molar-refractivity contribution is -0.132. The molecule has 0 aliphatic carbocycles. The van der Waals surface area contributed by atoms with Gasteiger partial charge in [0, 0.05) is 26.1 Å². The highest BCUT2D eigenvalue weighted by Gasteiger charge is 2.27. The summed E-state index contributed by atoms with van der Waals surface area (Å²) in [5, 5.41) is 9.01. The highest BCUT2D eigenvalue weighted by atomic mass is 16.2. The van der Waals surface area contributed by atoms with Crippen LogP contribution in [0, 0.1) is 0 Å². The molecule has 7 heteroatoms. The zero-order chi connectivity index (χ0) is 18.5. The van der Waals surface area contributed by atoms with E-state index in [1.54, 1.807) is 0 Å². The van der Waals surface area contributed by atoms with Crippen LogP contribution in [0.2, 0.25) is 0 Å². The molecule has 0 unspecified atom stereocenters. The molecule has 0 aromatic carbocycles. The minimum atomic E-state index is 0.230. The first kappa shape index (κ1) is 19.3. The Morgan fingerprint density at radius 3 is 2.31 bits per heavy atom. The van der Waals surface area contributed by atoms with Gasteiger partial charge in [-0.1, -0.05) is 12.8 Å². The molecule has 2 aliphatic heterocycles. The zero-order valence-corrected chi connectivity index (χ0v) is 16.7. The summed E-state index contributed by atoms with van der Waals surface area (Å²) in [7, 11) is 5.98. The molecule has 2 fully saturated rings. The smallest absolute Gasteiger partial charge is 0.236 e. The molecule has 0 saturated carbocycles. The largest absolute Gasteiger partial charge is 0.342 e. The molecular weight excluding hydrogens is 328 g/mol. The van der Waals surface area contributed by atoms with Gasteiger partial charge in [0.15, 0.2) is 0 Å². The lowest BCUT2D eigenvalue weighted by Gasteiger charge is -2.32. The van der Waals surface area contributed by atoms with E-state index in [9.17, 15) is 4.79 Å². The SMILES string of the molecule is CN(C)CC(=O)N1CCC(c2nnc(CN3CCCCCC3)n2C)CC1. The Labute approximate surface area is 157 Å². The molecule has 3 rings (SSSR count). The quantitative estimate of drug-likeness (QED) is 0.794. The Kier molecular flexibility index (Phi) is 6.64. The molecule has 26 heavy (non-hydrogen) atoms. The number of rotatable bonds is 5. The van der Waals surface area contributed by atoms with Crippen molar-refractivity contribution in [3.8, 4) is 0 Å². The van der Waals surface area contributed by atoms with Crippen LogP contribution in [0.4, 0.5) is 0 Å². The Morgan fingerprint density at radius 1 is 1.04 bits per heavy atom. The molecule has 2 aliphatic rings. The van der Waals surface area contributed by atoms with Gasteiger partial charge < -0.3 is 14.4 Å². The van der Waals surface area contributed by atoms with Crippen LogP contribution in [0.1, 0.15) is 56.1 Å². The van der Waals surface area contributed by atoms with Gasteiger partial charge >= 0.3 is 0 Å². The van der Waals surface area contributed by atoms with Crippen molar-refractivity contribution in [3.63, 3.8) is 0 Å². The number of hydrogen-bond donors (Lipinski definition) is 0. The van der Waals surface area contributed by atoms with Crippen LogP contribution in [0.5, 0.6) is 0 Å². The van der Waals surface area contributed by atoms with E-state index < -0.39 is 0 Å². The summed E-state index contributed by atoms with van der Waals surface area (Å²) in [6, 6.07) is 0. The second-order valence-electron chi connectivity index (χ2n) is 8.12. The highest BCUT2D eigenvalue weighted by molar-refractivity contribution is 5.78. The van der Waals surface area contributed by atoms with Gasteiger partial charge in [-0.3, -0.25) is 9.69 Å². The molecule has 1 aromatic rings. The molecule has 1 aromatic heterocycles. The molecule has 1 amide bonds. The second-order valence-corrected chi connectivity index (χ2v) is 8.12. The van der Waals surface area contributed by atoms with Crippen LogP contribution in [0.3, 0.4) is 0 Å². The molecule has 146 valence electrons. The third kappa shape index (κ3) is 4.82. The first-order valence-corrected chi connectivity index (χ1v) is 10.1. The van der Waals surface area contributed by atoms with Gasteiger partial charge in [0.05, 0.1) is 13.1 Å². The van der Waals surface area contributed by atoms with Gasteiger partial charge in [-0.15, -0.1) is 10.2 Å². The molecule has 2 saturated heterocycles. The zero-order valence-electron chi connectivity index (χ0n) is 16.7. The molecule has 0 N–H and O–H groups in total. The number of carbonyl (C=O) groups excluding carboxylic acids is 1. The van der Waals surface area contributed by atoms with Crippen molar-refractivity contribution < 1.29 is 4.79 Å². The van der Waals surface area contributed by atoms with E-state index in [1.165, 1.54) is 38.8 Å². The maximum Gasteiger partial charge on any atom is 0.236 e. The van der Waals surface area contributed by atoms with Crippen molar-refractivity contribution >= 4 is 5.91 Å². The van der Waals surface area contributed by atoms with Crippen molar-refractivity contribution in [2.24, 2.45) is 7.05 Å². The Morgan fingerprint density at radius 2 is 1.69 bits per heavy atom. The number of amides is 1. The van der Waals surface area contributed by atoms with Crippen molar-refractivity contribution in [1.29, 1.82) is 0 Å². The molecule has 0 atom stereocenters. The lowest BCUT2D eigenvalue weighted by Crippen LogP contribution is -2.42. The fourth-order valence-electron chi connectivity index (χ4n) is 4.12. The number of aromatic nitrogens is 3. The normalized spacial score (nSPS) is 20.5. The van der Waals surface area contributed by atoms with Crippen molar-refractivity contribution in [2.45, 2.75) is 51.0 Å². The van der Waals surface area contributed by atoms with E-state index in [-0.39, 0.29) is 5.91 Å². The summed E-state index contributed by atoms with van der Waals surface area (Å²) in [6.45, 7) is 5.40. The standard InChI is InChI=1S/C19H34N6O/c1-22(2)15-18(26)25-12-8-16(9-13-25)19-21-20-17(23(19)3)14-24-10-6-4-5-7-11-24/h16H,4-15H2,1-3H3. The van der Waals surface area contributed by atoms with E-state index in [2.05, 4.69) is 26.7 Å². The monoisotopic (exact) mass is 362 g/mol. The Bertz CT molecular complexity index is 583. The number of nitrogens with zero attached hydrogens (tertiary/aromatic N) is 6. The summed E-state index contributed by atoms with van der Waals surface area (Å²) < 4.78 is 2.20. The minimum Gasteiger partial charge on any atom is -0.342 e. The van der Waals surface area contributed by atoms with E-state index in [4.69, 9.17) is 0 Å². The van der Waals surface area contributed by atoms with Crippen LogP contribution in [-0.2, 0) is 18.4 Å². The average molecular weight is 363 g/mol. The maximum absolute atomic E-state index is 12.2. The van der Waals surface area contributed by atoms with Crippen molar-refractivity contribution in [2.75, 3.05) is 46.8 Å². The Hall–Kier alpha value is -1.47. The van der Waals surface area contributed by atoms with Crippen LogP contribution < -0.4 is 0 Å². The third-order valence-electron chi connectivity index (χ3n) is 5.73. The number of hydrogen-bond acceptors (Lipinski definition) is 5. The van der Waals surface area contributed by atoms with E-state index in [1.807, 2.05) is 23.9 Å². The first-order chi connectivity index (χ1) is 12.5. The molecule has 7 nitrogen and oxygen atoms in total. The van der Waals surface area contributed by atoms with E-state index >= 15 is 0 Å². The predicted molar refractivity (Wildman–Crippen MR) is 102 cm³/mol. The van der Waals surface area contributed by atoms with Crippen LogP contribution >= 0.6 is 0 Å². The number of carbonyl (C=O) groups is 1. The minimum absolute atomic E-state index is 0.230. The van der Waals surface area contributed by atoms with Crippen molar-refractivity contribution in [3.05, 3.63) is 11.6 Å². The predicted octanol–water partition coefficient (Wildman–Crippen LogP) is 1.46. The molecule has 0 spiro atoms. The fourth-order valence-corrected chi connectivity index (χ4v) is 4.12. The molecule has 3 heterocycles. The number of likely N-dealkylation sites (tertiary alicyclic amines) is 2. The van der Waals surface area contributed by atoms with Crippen LogP contribution in [0.15, 0.2) is 0 Å².